The van der Waals surface area contributed by atoms with Crippen molar-refractivity contribution in [1.82, 2.24) is 0 Å². The normalized spacial score (nSPS) is 12.6. The van der Waals surface area contributed by atoms with Gasteiger partial charge in [-0.2, -0.15) is 0 Å². The molecule has 0 bridgehead atoms. The van der Waals surface area contributed by atoms with E-state index in [4.69, 9.17) is 10.5 Å². The molecule has 0 spiro atoms. The number of phenols is 1. The second kappa shape index (κ2) is 3.88. The van der Waals surface area contributed by atoms with Gasteiger partial charge in [0.15, 0.2) is 0 Å². The van der Waals surface area contributed by atoms with E-state index in [-0.39, 0.29) is 11.8 Å². The lowest BCUT2D eigenvalue weighted by Crippen LogP contribution is -2.08. The third kappa shape index (κ3) is 1.68. The Balaban J connectivity index is 3.41. The SMILES string of the molecule is COc1cc(C)c(C(C)N)c(O)c1C. The lowest BCUT2D eigenvalue weighted by Gasteiger charge is -2.16. The van der Waals surface area contributed by atoms with Crippen LogP contribution in [0.15, 0.2) is 6.07 Å². The fraction of sp³-hybridized carbons (Fsp3) is 0.455. The summed E-state index contributed by atoms with van der Waals surface area (Å²) in [5.74, 6) is 0.946. The van der Waals surface area contributed by atoms with Gasteiger partial charge in [0.2, 0.25) is 0 Å². The molecule has 0 aromatic heterocycles. The van der Waals surface area contributed by atoms with Crippen LogP contribution >= 0.6 is 0 Å². The van der Waals surface area contributed by atoms with Crippen molar-refractivity contribution in [2.75, 3.05) is 7.11 Å². The highest BCUT2D eigenvalue weighted by molar-refractivity contribution is 5.53. The summed E-state index contributed by atoms with van der Waals surface area (Å²) in [7, 11) is 1.59. The van der Waals surface area contributed by atoms with Crippen LogP contribution in [0.2, 0.25) is 0 Å². The summed E-state index contributed by atoms with van der Waals surface area (Å²) in [6.45, 7) is 5.59. The van der Waals surface area contributed by atoms with Crippen molar-refractivity contribution in [3.8, 4) is 11.5 Å². The summed E-state index contributed by atoms with van der Waals surface area (Å²) in [4.78, 5) is 0. The Labute approximate surface area is 84.5 Å². The minimum atomic E-state index is -0.167. The third-order valence-corrected chi connectivity index (χ3v) is 2.43. The summed E-state index contributed by atoms with van der Waals surface area (Å²) < 4.78 is 5.14. The molecule has 0 aliphatic rings. The predicted octanol–water partition coefficient (Wildman–Crippen LogP) is 2.04. The highest BCUT2D eigenvalue weighted by atomic mass is 16.5. The maximum atomic E-state index is 9.90. The fourth-order valence-electron chi connectivity index (χ4n) is 1.67. The van der Waals surface area contributed by atoms with Crippen LogP contribution in [-0.4, -0.2) is 12.2 Å². The Morgan fingerprint density at radius 1 is 1.43 bits per heavy atom. The van der Waals surface area contributed by atoms with E-state index in [2.05, 4.69) is 0 Å². The third-order valence-electron chi connectivity index (χ3n) is 2.43. The monoisotopic (exact) mass is 195 g/mol. The molecule has 1 atom stereocenters. The summed E-state index contributed by atoms with van der Waals surface area (Å²) in [5.41, 5.74) is 8.27. The van der Waals surface area contributed by atoms with Crippen LogP contribution in [0.1, 0.15) is 29.7 Å². The molecule has 3 N–H and O–H groups in total. The standard InChI is InChI=1S/C11H17NO2/c1-6-5-9(14-4)7(2)11(13)10(6)8(3)12/h5,8,13H,12H2,1-4H3. The molecule has 1 unspecified atom stereocenters. The molecule has 0 aliphatic heterocycles. The van der Waals surface area contributed by atoms with Gasteiger partial charge in [-0.05, 0) is 32.4 Å². The summed E-state index contributed by atoms with van der Waals surface area (Å²) >= 11 is 0. The largest absolute Gasteiger partial charge is 0.507 e. The molecule has 0 saturated carbocycles. The highest BCUT2D eigenvalue weighted by Crippen LogP contribution is 2.35. The Hall–Kier alpha value is -1.22. The van der Waals surface area contributed by atoms with E-state index in [0.717, 1.165) is 16.7 Å². The maximum Gasteiger partial charge on any atom is 0.127 e. The molecule has 1 rings (SSSR count). The number of benzene rings is 1. The van der Waals surface area contributed by atoms with Gasteiger partial charge in [0, 0.05) is 17.2 Å². The van der Waals surface area contributed by atoms with Crippen LogP contribution in [0.25, 0.3) is 0 Å². The minimum Gasteiger partial charge on any atom is -0.507 e. The van der Waals surface area contributed by atoms with Crippen LogP contribution < -0.4 is 10.5 Å². The van der Waals surface area contributed by atoms with E-state index < -0.39 is 0 Å². The number of hydrogen-bond acceptors (Lipinski definition) is 3. The Morgan fingerprint density at radius 2 is 2.00 bits per heavy atom. The molecule has 0 fully saturated rings. The summed E-state index contributed by atoms with van der Waals surface area (Å²) in [5, 5.41) is 9.90. The van der Waals surface area contributed by atoms with Gasteiger partial charge in [-0.1, -0.05) is 0 Å². The van der Waals surface area contributed by atoms with Crippen molar-refractivity contribution >= 4 is 0 Å². The van der Waals surface area contributed by atoms with Crippen LogP contribution in [0.4, 0.5) is 0 Å². The van der Waals surface area contributed by atoms with E-state index >= 15 is 0 Å². The molecule has 0 radical (unpaired) electrons. The zero-order valence-electron chi connectivity index (χ0n) is 9.09. The first-order valence-electron chi connectivity index (χ1n) is 4.61. The number of hydrogen-bond donors (Lipinski definition) is 2. The molecule has 1 aromatic rings. The number of phenolic OH excluding ortho intramolecular Hbond substituents is 1. The Morgan fingerprint density at radius 3 is 2.43 bits per heavy atom. The lowest BCUT2D eigenvalue weighted by molar-refractivity contribution is 0.399. The second-order valence-corrected chi connectivity index (χ2v) is 3.57. The van der Waals surface area contributed by atoms with Crippen molar-refractivity contribution in [2.45, 2.75) is 26.8 Å². The zero-order chi connectivity index (χ0) is 10.9. The van der Waals surface area contributed by atoms with E-state index in [0.29, 0.717) is 5.75 Å². The molecule has 78 valence electrons. The second-order valence-electron chi connectivity index (χ2n) is 3.57. The highest BCUT2D eigenvalue weighted by Gasteiger charge is 2.15. The zero-order valence-corrected chi connectivity index (χ0v) is 9.09. The molecule has 3 heteroatoms. The van der Waals surface area contributed by atoms with Gasteiger partial charge in [0.05, 0.1) is 7.11 Å². The minimum absolute atomic E-state index is 0.167. The van der Waals surface area contributed by atoms with Gasteiger partial charge in [0.25, 0.3) is 0 Å². The number of nitrogens with two attached hydrogens (primary N) is 1. The fourth-order valence-corrected chi connectivity index (χ4v) is 1.67. The van der Waals surface area contributed by atoms with Crippen molar-refractivity contribution in [1.29, 1.82) is 0 Å². The number of methoxy groups -OCH3 is 1. The topological polar surface area (TPSA) is 55.5 Å². The quantitative estimate of drug-likeness (QED) is 0.759. The lowest BCUT2D eigenvalue weighted by atomic mass is 9.98. The summed E-state index contributed by atoms with van der Waals surface area (Å²) in [6.07, 6.45) is 0. The van der Waals surface area contributed by atoms with Gasteiger partial charge in [-0.3, -0.25) is 0 Å². The van der Waals surface area contributed by atoms with Crippen LogP contribution in [0, 0.1) is 13.8 Å². The molecule has 0 saturated heterocycles. The van der Waals surface area contributed by atoms with Crippen molar-refractivity contribution in [3.05, 3.63) is 22.8 Å². The van der Waals surface area contributed by atoms with E-state index in [1.54, 1.807) is 7.11 Å². The molecule has 3 nitrogen and oxygen atoms in total. The molecule has 14 heavy (non-hydrogen) atoms. The first-order valence-corrected chi connectivity index (χ1v) is 4.61. The van der Waals surface area contributed by atoms with Crippen LogP contribution in [0.5, 0.6) is 11.5 Å². The van der Waals surface area contributed by atoms with E-state index in [1.807, 2.05) is 26.8 Å². The molecule has 0 amide bonds. The smallest absolute Gasteiger partial charge is 0.127 e. The van der Waals surface area contributed by atoms with Crippen LogP contribution in [0.3, 0.4) is 0 Å². The maximum absolute atomic E-state index is 9.90. The molecule has 1 aromatic carbocycles. The van der Waals surface area contributed by atoms with Crippen molar-refractivity contribution in [2.24, 2.45) is 5.73 Å². The average molecular weight is 195 g/mol. The number of aromatic hydroxyl groups is 1. The summed E-state index contributed by atoms with van der Waals surface area (Å²) in [6, 6.07) is 1.73. The molecular formula is C11H17NO2. The molecule has 0 aliphatic carbocycles. The van der Waals surface area contributed by atoms with Crippen molar-refractivity contribution < 1.29 is 9.84 Å². The van der Waals surface area contributed by atoms with Crippen LogP contribution in [-0.2, 0) is 0 Å². The van der Waals surface area contributed by atoms with Gasteiger partial charge in [0.1, 0.15) is 11.5 Å². The molecular weight excluding hydrogens is 178 g/mol. The van der Waals surface area contributed by atoms with Gasteiger partial charge >= 0.3 is 0 Å². The van der Waals surface area contributed by atoms with Gasteiger partial charge in [-0.15, -0.1) is 0 Å². The van der Waals surface area contributed by atoms with Gasteiger partial charge < -0.3 is 15.6 Å². The van der Waals surface area contributed by atoms with Gasteiger partial charge in [-0.25, -0.2) is 0 Å². The molecule has 0 heterocycles. The number of ether oxygens (including phenoxy) is 1. The average Bonchev–Trinajstić information content (AvgIpc) is 2.10. The number of aryl methyl sites for hydroxylation is 1. The Kier molecular flexibility index (Phi) is 3.01. The van der Waals surface area contributed by atoms with E-state index in [9.17, 15) is 5.11 Å². The Bertz CT molecular complexity index is 346. The van der Waals surface area contributed by atoms with Crippen molar-refractivity contribution in [3.63, 3.8) is 0 Å². The first-order chi connectivity index (χ1) is 6.49. The number of rotatable bonds is 2. The first kappa shape index (κ1) is 10.9. The predicted molar refractivity (Wildman–Crippen MR) is 56.7 cm³/mol. The van der Waals surface area contributed by atoms with E-state index in [1.165, 1.54) is 0 Å².